The van der Waals surface area contributed by atoms with E-state index in [1.54, 1.807) is 4.57 Å². The fourth-order valence-electron chi connectivity index (χ4n) is 4.30. The molecule has 1 N–H and O–H groups in total. The van der Waals surface area contributed by atoms with Crippen molar-refractivity contribution in [1.82, 2.24) is 4.57 Å². The number of thiophene rings is 1. The number of hydrogen-bond acceptors (Lipinski definition) is 9. The molecule has 1 aliphatic rings. The third kappa shape index (κ3) is 6.36. The van der Waals surface area contributed by atoms with Crippen molar-refractivity contribution in [2.45, 2.75) is 39.7 Å². The van der Waals surface area contributed by atoms with Crippen molar-refractivity contribution in [2.75, 3.05) is 31.0 Å². The lowest BCUT2D eigenvalue weighted by Crippen LogP contribution is -2.23. The second kappa shape index (κ2) is 12.3. The maximum Gasteiger partial charge on any atom is 0.341 e. The molecular weight excluding hydrogens is 547 g/mol. The van der Waals surface area contributed by atoms with Crippen LogP contribution in [0.3, 0.4) is 0 Å². The number of anilines is 1. The second-order valence-corrected chi connectivity index (χ2v) is 12.2. The molecule has 1 unspecified atom stereocenters. The van der Waals surface area contributed by atoms with Gasteiger partial charge >= 0.3 is 11.9 Å². The number of amides is 2. The summed E-state index contributed by atoms with van der Waals surface area (Å²) in [5.74, 6) is -1.08. The van der Waals surface area contributed by atoms with E-state index in [4.69, 9.17) is 9.47 Å². The van der Waals surface area contributed by atoms with Crippen LogP contribution >= 0.6 is 34.4 Å². The highest BCUT2D eigenvalue weighted by atomic mass is 32.2. The number of benzene rings is 1. The van der Waals surface area contributed by atoms with Gasteiger partial charge in [-0.3, -0.25) is 14.4 Å². The largest absolute Gasteiger partial charge is 0.468 e. The van der Waals surface area contributed by atoms with Crippen molar-refractivity contribution in [2.24, 2.45) is 10.9 Å². The van der Waals surface area contributed by atoms with Crippen LogP contribution in [-0.2, 0) is 43.2 Å². The Balaban J connectivity index is 1.43. The first-order valence-corrected chi connectivity index (χ1v) is 14.8. The Kier molecular flexibility index (Phi) is 9.06. The summed E-state index contributed by atoms with van der Waals surface area (Å²) in [5.41, 5.74) is 3.26. The Labute approximate surface area is 232 Å². The molecule has 202 valence electrons. The van der Waals surface area contributed by atoms with E-state index in [1.165, 1.54) is 36.9 Å². The van der Waals surface area contributed by atoms with E-state index >= 15 is 0 Å². The number of nitrogens with one attached hydrogen (secondary N) is 1. The Bertz CT molecular complexity index is 1470. The third-order valence-corrected chi connectivity index (χ3v) is 9.31. The van der Waals surface area contributed by atoms with Crippen LogP contribution in [0.25, 0.3) is 10.2 Å². The number of aryl methyl sites for hydroxylation is 1. The SMILES string of the molecule is COC(=O)Cn1c(=NC(=O)CSCC(=O)Nc2sc3c(c2C(=O)OC)CCC(C)C3)sc2cc(C)ccc21. The zero-order valence-corrected chi connectivity index (χ0v) is 24.1. The van der Waals surface area contributed by atoms with Crippen LogP contribution in [0.5, 0.6) is 0 Å². The van der Waals surface area contributed by atoms with Gasteiger partial charge in [0.15, 0.2) is 4.80 Å². The molecule has 1 aliphatic carbocycles. The smallest absolute Gasteiger partial charge is 0.341 e. The number of aromatic nitrogens is 1. The Morgan fingerprint density at radius 2 is 1.95 bits per heavy atom. The van der Waals surface area contributed by atoms with E-state index in [0.717, 1.165) is 57.2 Å². The summed E-state index contributed by atoms with van der Waals surface area (Å²) in [4.78, 5) is 55.4. The molecule has 2 heterocycles. The monoisotopic (exact) mass is 575 g/mol. The number of carbonyl (C=O) groups is 4. The lowest BCUT2D eigenvalue weighted by molar-refractivity contribution is -0.141. The van der Waals surface area contributed by atoms with Crippen molar-refractivity contribution < 1.29 is 28.7 Å². The molecule has 12 heteroatoms. The summed E-state index contributed by atoms with van der Waals surface area (Å²) in [6, 6.07) is 5.79. The molecule has 38 heavy (non-hydrogen) atoms. The van der Waals surface area contributed by atoms with Gasteiger partial charge in [-0.05, 0) is 55.4 Å². The molecule has 2 amide bonds. The molecule has 2 aromatic heterocycles. The summed E-state index contributed by atoms with van der Waals surface area (Å²) in [6.07, 6.45) is 2.64. The highest BCUT2D eigenvalue weighted by Crippen LogP contribution is 2.40. The highest BCUT2D eigenvalue weighted by molar-refractivity contribution is 8.00. The van der Waals surface area contributed by atoms with Crippen molar-refractivity contribution >= 4 is 73.4 Å². The fraction of sp³-hybridized carbons (Fsp3) is 0.423. The fourth-order valence-corrected chi connectivity index (χ4v) is 7.46. The van der Waals surface area contributed by atoms with Crippen molar-refractivity contribution in [3.8, 4) is 0 Å². The second-order valence-electron chi connectivity index (χ2n) is 9.11. The Morgan fingerprint density at radius 3 is 2.68 bits per heavy atom. The Hall–Kier alpha value is -2.96. The minimum Gasteiger partial charge on any atom is -0.468 e. The first-order valence-electron chi connectivity index (χ1n) is 12.0. The van der Waals surface area contributed by atoms with Gasteiger partial charge in [-0.15, -0.1) is 23.1 Å². The third-order valence-electron chi connectivity index (χ3n) is 6.19. The first kappa shape index (κ1) is 28.1. The lowest BCUT2D eigenvalue weighted by atomic mass is 9.88. The van der Waals surface area contributed by atoms with Gasteiger partial charge < -0.3 is 19.4 Å². The van der Waals surface area contributed by atoms with E-state index in [1.807, 2.05) is 25.1 Å². The van der Waals surface area contributed by atoms with Gasteiger partial charge in [0.2, 0.25) is 5.91 Å². The van der Waals surface area contributed by atoms with E-state index < -0.39 is 17.8 Å². The molecule has 1 aromatic carbocycles. The number of methoxy groups -OCH3 is 2. The van der Waals surface area contributed by atoms with Gasteiger partial charge in [-0.1, -0.05) is 24.3 Å². The molecule has 4 rings (SSSR count). The summed E-state index contributed by atoms with van der Waals surface area (Å²) in [6.45, 7) is 4.08. The maximum absolute atomic E-state index is 12.7. The van der Waals surface area contributed by atoms with Gasteiger partial charge in [0, 0.05) is 4.88 Å². The number of thiazole rings is 1. The van der Waals surface area contributed by atoms with Gasteiger partial charge in [-0.2, -0.15) is 4.99 Å². The summed E-state index contributed by atoms with van der Waals surface area (Å²) in [5, 5.41) is 3.35. The van der Waals surface area contributed by atoms with E-state index in [-0.39, 0.29) is 24.0 Å². The molecule has 0 aliphatic heterocycles. The number of carbonyl (C=O) groups excluding carboxylic acids is 4. The van der Waals surface area contributed by atoms with Crippen molar-refractivity contribution in [3.63, 3.8) is 0 Å². The minimum atomic E-state index is -0.451. The van der Waals surface area contributed by atoms with Crippen LogP contribution in [0.15, 0.2) is 23.2 Å². The standard InChI is InChI=1S/C26H29N3O6S3/c1-14-5-7-16-18(9-14)37-24(23(16)25(33)35-4)27-20(30)12-36-13-21(31)28-26-29(11-22(32)34-3)17-8-6-15(2)10-19(17)38-26/h6,8,10,14H,5,7,9,11-13H2,1-4H3,(H,27,30). The number of thioether (sulfide) groups is 1. The molecule has 0 saturated heterocycles. The number of ether oxygens (including phenoxy) is 2. The van der Waals surface area contributed by atoms with Crippen LogP contribution in [0, 0.1) is 12.8 Å². The number of fused-ring (bicyclic) bond motifs is 2. The normalized spacial score (nSPS) is 15.3. The number of hydrogen-bond donors (Lipinski definition) is 1. The maximum atomic E-state index is 12.7. The van der Waals surface area contributed by atoms with Gasteiger partial charge in [0.1, 0.15) is 11.5 Å². The van der Waals surface area contributed by atoms with Gasteiger partial charge in [0.05, 0.1) is 41.5 Å². The topological polar surface area (TPSA) is 116 Å². The van der Waals surface area contributed by atoms with Crippen molar-refractivity contribution in [1.29, 1.82) is 0 Å². The van der Waals surface area contributed by atoms with E-state index in [0.29, 0.717) is 21.3 Å². The van der Waals surface area contributed by atoms with Crippen LogP contribution in [0.1, 0.15) is 39.7 Å². The number of nitrogens with zero attached hydrogens (tertiary/aromatic N) is 2. The van der Waals surface area contributed by atoms with Gasteiger partial charge in [0.25, 0.3) is 5.91 Å². The predicted molar refractivity (Wildman–Crippen MR) is 150 cm³/mol. The molecule has 0 saturated carbocycles. The number of rotatable bonds is 8. The molecule has 9 nitrogen and oxygen atoms in total. The molecule has 0 bridgehead atoms. The van der Waals surface area contributed by atoms with Crippen LogP contribution in [0.4, 0.5) is 5.00 Å². The summed E-state index contributed by atoms with van der Waals surface area (Å²) < 4.78 is 12.3. The van der Waals surface area contributed by atoms with E-state index in [9.17, 15) is 19.2 Å². The average molecular weight is 576 g/mol. The quantitative estimate of drug-likeness (QED) is 0.404. The summed E-state index contributed by atoms with van der Waals surface area (Å²) in [7, 11) is 2.65. The average Bonchev–Trinajstić information content (AvgIpc) is 3.39. The Morgan fingerprint density at radius 1 is 1.16 bits per heavy atom. The predicted octanol–water partition coefficient (Wildman–Crippen LogP) is 3.96. The molecule has 1 atom stereocenters. The zero-order chi connectivity index (χ0) is 27.4. The van der Waals surface area contributed by atoms with Crippen molar-refractivity contribution in [3.05, 3.63) is 44.6 Å². The molecule has 0 fully saturated rings. The zero-order valence-electron chi connectivity index (χ0n) is 21.6. The molecule has 0 spiro atoms. The molecule has 0 radical (unpaired) electrons. The molecule has 3 aromatic rings. The minimum absolute atomic E-state index is 0.0127. The van der Waals surface area contributed by atoms with Crippen LogP contribution in [0.2, 0.25) is 0 Å². The molecular formula is C26H29N3O6S3. The van der Waals surface area contributed by atoms with Gasteiger partial charge in [-0.25, -0.2) is 4.79 Å². The summed E-state index contributed by atoms with van der Waals surface area (Å²) >= 11 is 3.87. The van der Waals surface area contributed by atoms with Crippen LogP contribution in [-0.4, -0.2) is 54.0 Å². The highest BCUT2D eigenvalue weighted by Gasteiger charge is 2.28. The lowest BCUT2D eigenvalue weighted by Gasteiger charge is -2.18. The number of esters is 2. The van der Waals surface area contributed by atoms with Crippen LogP contribution < -0.4 is 10.1 Å². The first-order chi connectivity index (χ1) is 18.2. The van der Waals surface area contributed by atoms with E-state index in [2.05, 4.69) is 17.2 Å².